The molecule has 5 heteroatoms. The highest BCUT2D eigenvalue weighted by Crippen LogP contribution is 2.78. The van der Waals surface area contributed by atoms with Crippen LogP contribution in [0.1, 0.15) is 157 Å². The summed E-state index contributed by atoms with van der Waals surface area (Å²) >= 11 is 0. The topological polar surface area (TPSA) is 52.6 Å². The van der Waals surface area contributed by atoms with E-state index >= 15 is 0 Å². The van der Waals surface area contributed by atoms with Gasteiger partial charge in [0.1, 0.15) is 5.60 Å². The fraction of sp³-hybridized carbons (Fsp3) is 0.696. The number of esters is 1. The standard InChI is InChI=1S/C43H59FO4.C2H6.CH4/c1-27(2)30-17-23-43(24-20-35(45)48-44)26-25-41(9)32(36(30)43)15-16-34-40(8)21-18-31(39(6,7)33(40)19-22-42(34,41)10)28-11-13-29(14-12-28)37(46)47-38(3,4)5;1-2;/h11-14,18,20,24,30,32-34,36H,1,15-17,19,21-23,25-26H2,2-10H3;1-2H3;1H4/b24-20+;;/t30-,32+,33?,34?,36?,40-,41+,42+,43-;;/m0../s1. The fourth-order valence-corrected chi connectivity index (χ4v) is 13.0. The van der Waals surface area contributed by atoms with E-state index in [1.54, 1.807) is 0 Å². The summed E-state index contributed by atoms with van der Waals surface area (Å²) in [5, 5.41) is 0. The second kappa shape index (κ2) is 14.3. The summed E-state index contributed by atoms with van der Waals surface area (Å²) in [5.74, 6) is 1.37. The minimum absolute atomic E-state index is 0. The third-order valence-electron chi connectivity index (χ3n) is 15.2. The van der Waals surface area contributed by atoms with E-state index in [0.29, 0.717) is 35.2 Å². The SMILES string of the molecule is C.C=C(C)[C@@H]1CC[C@]2(/C=C/C(=O)OF)CC[C@]3(C)[C@H](CCC4[C@@]5(C)CC=C(c6ccc(C(=O)OC(C)(C)C)cc6)C(C)(C)C5CC[C@]43C)C12.CC. The predicted octanol–water partition coefficient (Wildman–Crippen LogP) is 12.9. The second-order valence-electron chi connectivity index (χ2n) is 18.8. The average Bonchev–Trinajstić information content (AvgIpc) is 3.44. The van der Waals surface area contributed by atoms with Crippen molar-refractivity contribution in [2.24, 2.45) is 56.7 Å². The number of hydrogen-bond acceptors (Lipinski definition) is 4. The van der Waals surface area contributed by atoms with Gasteiger partial charge in [-0.15, -0.1) is 0 Å². The van der Waals surface area contributed by atoms with Crippen molar-refractivity contribution >= 4 is 17.5 Å². The number of benzene rings is 1. The number of halogens is 1. The molecule has 4 fully saturated rings. The first-order chi connectivity index (χ1) is 23.3. The molecule has 0 heterocycles. The van der Waals surface area contributed by atoms with Gasteiger partial charge in [0, 0.05) is 10.6 Å². The highest BCUT2D eigenvalue weighted by atomic mass is 19.3. The number of carbonyl (C=O) groups excluding carboxylic acids is 2. The van der Waals surface area contributed by atoms with Crippen LogP contribution in [0.5, 0.6) is 0 Å². The van der Waals surface area contributed by atoms with E-state index in [9.17, 15) is 14.1 Å². The molecule has 0 aliphatic heterocycles. The third kappa shape index (κ3) is 6.60. The largest absolute Gasteiger partial charge is 0.456 e. The molecule has 4 nitrogen and oxygen atoms in total. The predicted molar refractivity (Wildman–Crippen MR) is 208 cm³/mol. The summed E-state index contributed by atoms with van der Waals surface area (Å²) in [6.45, 7) is 29.1. The quantitative estimate of drug-likeness (QED) is 0.174. The van der Waals surface area contributed by atoms with Gasteiger partial charge in [0.2, 0.25) is 0 Å². The van der Waals surface area contributed by atoms with Gasteiger partial charge >= 0.3 is 11.9 Å². The molecule has 3 unspecified atom stereocenters. The molecule has 9 atom stereocenters. The normalized spacial score (nSPS) is 37.9. The smallest absolute Gasteiger partial charge is 0.372 e. The maximum Gasteiger partial charge on any atom is 0.372 e. The maximum atomic E-state index is 12.8. The van der Waals surface area contributed by atoms with Crippen molar-refractivity contribution < 1.29 is 23.8 Å². The van der Waals surface area contributed by atoms with Gasteiger partial charge in [0.25, 0.3) is 0 Å². The third-order valence-corrected chi connectivity index (χ3v) is 15.2. The zero-order chi connectivity index (χ0) is 37.1. The summed E-state index contributed by atoms with van der Waals surface area (Å²) in [6.07, 6.45) is 16.1. The molecule has 0 aromatic heterocycles. The van der Waals surface area contributed by atoms with Crippen LogP contribution in [-0.2, 0) is 14.5 Å². The van der Waals surface area contributed by atoms with Crippen molar-refractivity contribution in [1.82, 2.24) is 0 Å². The van der Waals surface area contributed by atoms with Crippen LogP contribution in [0.15, 0.2) is 54.6 Å². The summed E-state index contributed by atoms with van der Waals surface area (Å²) in [6, 6.07) is 8.08. The Morgan fingerprint density at radius 1 is 0.882 bits per heavy atom. The fourth-order valence-electron chi connectivity index (χ4n) is 13.0. The number of ether oxygens (including phenoxy) is 1. The van der Waals surface area contributed by atoms with Gasteiger partial charge in [-0.25, -0.2) is 9.59 Å². The molecule has 0 bridgehead atoms. The van der Waals surface area contributed by atoms with Crippen LogP contribution in [0, 0.1) is 56.7 Å². The van der Waals surface area contributed by atoms with Crippen LogP contribution in [0.4, 0.5) is 4.53 Å². The molecule has 5 aliphatic rings. The first-order valence-corrected chi connectivity index (χ1v) is 19.5. The van der Waals surface area contributed by atoms with Gasteiger partial charge in [-0.1, -0.05) is 92.3 Å². The molecule has 0 spiro atoms. The first-order valence-electron chi connectivity index (χ1n) is 19.5. The Bertz CT molecular complexity index is 1530. The zero-order valence-electron chi connectivity index (χ0n) is 33.0. The van der Waals surface area contributed by atoms with E-state index in [-0.39, 0.29) is 40.5 Å². The van der Waals surface area contributed by atoms with Gasteiger partial charge in [-0.05, 0) is 165 Å². The Morgan fingerprint density at radius 3 is 2.12 bits per heavy atom. The molecular weight excluding hydrogens is 636 g/mol. The van der Waals surface area contributed by atoms with Crippen LogP contribution in [0.3, 0.4) is 0 Å². The summed E-state index contributed by atoms with van der Waals surface area (Å²) in [5.41, 5.74) is 4.39. The molecule has 1 aromatic carbocycles. The lowest BCUT2D eigenvalue weighted by Gasteiger charge is -2.72. The van der Waals surface area contributed by atoms with E-state index in [1.165, 1.54) is 48.5 Å². The van der Waals surface area contributed by atoms with E-state index in [2.05, 4.69) is 71.3 Å². The molecule has 284 valence electrons. The molecule has 0 saturated heterocycles. The Morgan fingerprint density at radius 2 is 1.53 bits per heavy atom. The van der Waals surface area contributed by atoms with E-state index in [0.717, 1.165) is 32.1 Å². The van der Waals surface area contributed by atoms with Gasteiger partial charge < -0.3 is 4.74 Å². The van der Waals surface area contributed by atoms with E-state index in [1.807, 2.05) is 52.8 Å². The van der Waals surface area contributed by atoms with Crippen LogP contribution in [-0.4, -0.2) is 17.5 Å². The summed E-state index contributed by atoms with van der Waals surface area (Å²) in [4.78, 5) is 28.2. The Labute approximate surface area is 310 Å². The first kappa shape index (κ1) is 41.1. The van der Waals surface area contributed by atoms with Crippen molar-refractivity contribution in [2.75, 3.05) is 0 Å². The monoisotopic (exact) mass is 705 g/mol. The van der Waals surface area contributed by atoms with Gasteiger partial charge in [-0.2, -0.15) is 0 Å². The number of fused-ring (bicyclic) bond motifs is 7. The molecule has 51 heavy (non-hydrogen) atoms. The van der Waals surface area contributed by atoms with Crippen molar-refractivity contribution in [3.05, 3.63) is 65.8 Å². The average molecular weight is 705 g/mol. The summed E-state index contributed by atoms with van der Waals surface area (Å²) in [7, 11) is 0. The molecule has 0 N–H and O–H groups in total. The lowest BCUT2D eigenvalue weighted by Crippen LogP contribution is -2.65. The van der Waals surface area contributed by atoms with Crippen molar-refractivity contribution in [1.29, 1.82) is 0 Å². The zero-order valence-corrected chi connectivity index (χ0v) is 33.0. The molecular formula is C46H69FO4. The number of allylic oxidation sites excluding steroid dienone is 4. The van der Waals surface area contributed by atoms with Gasteiger partial charge in [0.05, 0.1) is 5.56 Å². The van der Waals surface area contributed by atoms with E-state index in [4.69, 9.17) is 4.74 Å². The van der Waals surface area contributed by atoms with Crippen LogP contribution in [0.25, 0.3) is 5.57 Å². The molecule has 6 rings (SSSR count). The highest BCUT2D eigenvalue weighted by molar-refractivity contribution is 5.90. The minimum atomic E-state index is -0.900. The van der Waals surface area contributed by atoms with Crippen molar-refractivity contribution in [3.63, 3.8) is 0 Å². The molecule has 5 aliphatic carbocycles. The molecule has 0 amide bonds. The van der Waals surface area contributed by atoms with Crippen molar-refractivity contribution in [2.45, 2.75) is 147 Å². The second-order valence-corrected chi connectivity index (χ2v) is 18.8. The Hall–Kier alpha value is -2.69. The number of rotatable bonds is 5. The Balaban J connectivity index is 0.00000191. The van der Waals surface area contributed by atoms with E-state index < -0.39 is 11.6 Å². The minimum Gasteiger partial charge on any atom is -0.456 e. The van der Waals surface area contributed by atoms with Crippen LogP contribution < -0.4 is 0 Å². The van der Waals surface area contributed by atoms with Crippen molar-refractivity contribution in [3.8, 4) is 0 Å². The maximum absolute atomic E-state index is 12.8. The van der Waals surface area contributed by atoms with Crippen LogP contribution in [0.2, 0.25) is 0 Å². The highest BCUT2D eigenvalue weighted by Gasteiger charge is 2.70. The molecule has 1 aromatic rings. The molecule has 4 saturated carbocycles. The molecule has 0 radical (unpaired) electrons. The van der Waals surface area contributed by atoms with Gasteiger partial charge in [0.15, 0.2) is 0 Å². The van der Waals surface area contributed by atoms with Gasteiger partial charge in [-0.3, -0.25) is 4.94 Å². The summed E-state index contributed by atoms with van der Waals surface area (Å²) < 4.78 is 18.4. The number of hydrogen-bond donors (Lipinski definition) is 0. The number of carbonyl (C=O) groups is 2. The lowest BCUT2D eigenvalue weighted by molar-refractivity contribution is -0.221. The lowest BCUT2D eigenvalue weighted by atomic mass is 9.32. The Kier molecular flexibility index (Phi) is 11.5. The van der Waals surface area contributed by atoms with Crippen LogP contribution >= 0.6 is 0 Å².